The fourth-order valence-corrected chi connectivity index (χ4v) is 2.74. The molecule has 116 valence electrons. The van der Waals surface area contributed by atoms with Crippen LogP contribution in [0.5, 0.6) is 0 Å². The second kappa shape index (κ2) is 8.51. The first-order valence-corrected chi connectivity index (χ1v) is 8.66. The van der Waals surface area contributed by atoms with E-state index in [1.165, 1.54) is 11.8 Å². The summed E-state index contributed by atoms with van der Waals surface area (Å²) in [5, 5.41) is 14.6. The van der Waals surface area contributed by atoms with Gasteiger partial charge < -0.3 is 15.7 Å². The van der Waals surface area contributed by atoms with Crippen LogP contribution in [0.1, 0.15) is 12.0 Å². The largest absolute Gasteiger partial charge is 0.480 e. The summed E-state index contributed by atoms with van der Waals surface area (Å²) >= 11 is 10.9. The molecule has 0 heterocycles. The minimum absolute atomic E-state index is 0.361. The normalized spacial score (nSPS) is 11.8. The number of halogens is 2. The first-order valence-electron chi connectivity index (χ1n) is 6.10. The second-order valence-corrected chi connectivity index (χ2v) is 6.60. The summed E-state index contributed by atoms with van der Waals surface area (Å²) in [5.41, 5.74) is 1.36. The third-order valence-corrected chi connectivity index (χ3v) is 4.42. The molecule has 0 saturated heterocycles. The molecule has 1 atom stereocenters. The standard InChI is InChI=1S/C13H16BrClN2O3S/c1-7-5-8(14)11(6-9(7)15)17-13(20)16-10(12(18)19)3-4-21-2/h5-6,10H,3-4H2,1-2H3,(H,18,19)(H2,16,17,20)/t10-/m1/s1. The average Bonchev–Trinajstić information content (AvgIpc) is 2.40. The number of carboxylic acid groups (broad SMARTS) is 1. The van der Waals surface area contributed by atoms with Gasteiger partial charge in [0.1, 0.15) is 6.04 Å². The molecule has 1 aromatic carbocycles. The van der Waals surface area contributed by atoms with Crippen molar-refractivity contribution in [3.05, 3.63) is 27.2 Å². The zero-order valence-electron chi connectivity index (χ0n) is 11.6. The summed E-state index contributed by atoms with van der Waals surface area (Å²) in [7, 11) is 0. The lowest BCUT2D eigenvalue weighted by Crippen LogP contribution is -2.43. The lowest BCUT2D eigenvalue weighted by atomic mass is 10.2. The van der Waals surface area contributed by atoms with Gasteiger partial charge in [-0.2, -0.15) is 11.8 Å². The molecule has 3 N–H and O–H groups in total. The lowest BCUT2D eigenvalue weighted by Gasteiger charge is -2.15. The maximum Gasteiger partial charge on any atom is 0.326 e. The molecule has 0 aromatic heterocycles. The molecular formula is C13H16BrClN2O3S. The fraction of sp³-hybridized carbons (Fsp3) is 0.385. The van der Waals surface area contributed by atoms with Crippen LogP contribution in [0.3, 0.4) is 0 Å². The second-order valence-electron chi connectivity index (χ2n) is 4.35. The topological polar surface area (TPSA) is 78.4 Å². The first kappa shape index (κ1) is 18.1. The van der Waals surface area contributed by atoms with Crippen LogP contribution in [0.15, 0.2) is 16.6 Å². The van der Waals surface area contributed by atoms with Crippen molar-refractivity contribution in [3.63, 3.8) is 0 Å². The summed E-state index contributed by atoms with van der Waals surface area (Å²) in [6, 6.07) is 1.89. The quantitative estimate of drug-likeness (QED) is 0.685. The van der Waals surface area contributed by atoms with Gasteiger partial charge in [0.05, 0.1) is 5.69 Å². The maximum absolute atomic E-state index is 11.9. The fourth-order valence-electron chi connectivity index (χ4n) is 1.55. The SMILES string of the molecule is CSCC[C@@H](NC(=O)Nc1cc(Cl)c(C)cc1Br)C(=O)O. The molecule has 0 unspecified atom stereocenters. The number of rotatable bonds is 6. The Hall–Kier alpha value is -0.920. The Morgan fingerprint density at radius 1 is 1.48 bits per heavy atom. The van der Waals surface area contributed by atoms with Crippen molar-refractivity contribution < 1.29 is 14.7 Å². The summed E-state index contributed by atoms with van der Waals surface area (Å²) in [5.74, 6) is -0.405. The van der Waals surface area contributed by atoms with Crippen LogP contribution < -0.4 is 10.6 Å². The van der Waals surface area contributed by atoms with Crippen LogP contribution >= 0.6 is 39.3 Å². The van der Waals surface area contributed by atoms with E-state index in [-0.39, 0.29) is 0 Å². The molecule has 0 aliphatic carbocycles. The highest BCUT2D eigenvalue weighted by atomic mass is 79.9. The number of aliphatic carboxylic acids is 1. The first-order chi connectivity index (χ1) is 9.85. The lowest BCUT2D eigenvalue weighted by molar-refractivity contribution is -0.139. The minimum atomic E-state index is -1.06. The molecular weight excluding hydrogens is 380 g/mol. The van der Waals surface area contributed by atoms with Crippen LogP contribution in [0.4, 0.5) is 10.5 Å². The van der Waals surface area contributed by atoms with Gasteiger partial charge in [0.2, 0.25) is 0 Å². The number of hydrogen-bond donors (Lipinski definition) is 3. The van der Waals surface area contributed by atoms with Gasteiger partial charge in [0.25, 0.3) is 0 Å². The number of amides is 2. The molecule has 0 radical (unpaired) electrons. The number of benzene rings is 1. The molecule has 0 aliphatic heterocycles. The summed E-state index contributed by atoms with van der Waals surface area (Å²) in [6.07, 6.45) is 2.24. The molecule has 1 rings (SSSR count). The Labute approximate surface area is 140 Å². The van der Waals surface area contributed by atoms with E-state index < -0.39 is 18.0 Å². The highest BCUT2D eigenvalue weighted by Crippen LogP contribution is 2.29. The molecule has 0 fully saturated rings. The maximum atomic E-state index is 11.9. The van der Waals surface area contributed by atoms with E-state index in [4.69, 9.17) is 16.7 Å². The van der Waals surface area contributed by atoms with Crippen molar-refractivity contribution >= 4 is 57.0 Å². The van der Waals surface area contributed by atoms with Gasteiger partial charge in [0, 0.05) is 9.50 Å². The Bertz CT molecular complexity index is 542. The third kappa shape index (κ3) is 5.76. The van der Waals surface area contributed by atoms with Crippen molar-refractivity contribution in [2.45, 2.75) is 19.4 Å². The Morgan fingerprint density at radius 2 is 2.14 bits per heavy atom. The summed E-state index contributed by atoms with van der Waals surface area (Å²) < 4.78 is 0.676. The highest BCUT2D eigenvalue weighted by molar-refractivity contribution is 9.10. The average molecular weight is 396 g/mol. The zero-order chi connectivity index (χ0) is 16.0. The number of anilines is 1. The zero-order valence-corrected chi connectivity index (χ0v) is 14.7. The number of carbonyl (C=O) groups excluding carboxylic acids is 1. The van der Waals surface area contributed by atoms with Gasteiger partial charge in [0.15, 0.2) is 0 Å². The van der Waals surface area contributed by atoms with Crippen molar-refractivity contribution in [1.29, 1.82) is 0 Å². The number of carbonyl (C=O) groups is 2. The number of thioether (sulfide) groups is 1. The Kier molecular flexibility index (Phi) is 7.34. The van der Waals surface area contributed by atoms with E-state index in [0.717, 1.165) is 5.56 Å². The number of nitrogens with one attached hydrogen (secondary N) is 2. The van der Waals surface area contributed by atoms with Crippen LogP contribution in [0.2, 0.25) is 5.02 Å². The molecule has 0 bridgehead atoms. The van der Waals surface area contributed by atoms with Gasteiger partial charge in [-0.25, -0.2) is 9.59 Å². The third-order valence-electron chi connectivity index (χ3n) is 2.71. The number of hydrogen-bond acceptors (Lipinski definition) is 3. The monoisotopic (exact) mass is 394 g/mol. The highest BCUT2D eigenvalue weighted by Gasteiger charge is 2.19. The van der Waals surface area contributed by atoms with Gasteiger partial charge in [-0.1, -0.05) is 11.6 Å². The summed E-state index contributed by atoms with van der Waals surface area (Å²) in [6.45, 7) is 1.85. The predicted molar refractivity (Wildman–Crippen MR) is 90.5 cm³/mol. The van der Waals surface area contributed by atoms with Gasteiger partial charge in [-0.15, -0.1) is 0 Å². The van der Waals surface area contributed by atoms with Crippen LogP contribution in [-0.2, 0) is 4.79 Å². The van der Waals surface area contributed by atoms with E-state index >= 15 is 0 Å². The Morgan fingerprint density at radius 3 is 2.71 bits per heavy atom. The van der Waals surface area contributed by atoms with E-state index in [0.29, 0.717) is 27.4 Å². The van der Waals surface area contributed by atoms with Crippen LogP contribution in [-0.4, -0.2) is 35.2 Å². The molecule has 1 aromatic rings. The van der Waals surface area contributed by atoms with E-state index in [1.54, 1.807) is 12.1 Å². The van der Waals surface area contributed by atoms with Gasteiger partial charge in [-0.3, -0.25) is 0 Å². The van der Waals surface area contributed by atoms with Crippen molar-refractivity contribution in [1.82, 2.24) is 5.32 Å². The van der Waals surface area contributed by atoms with Crippen LogP contribution in [0.25, 0.3) is 0 Å². The number of aryl methyl sites for hydroxylation is 1. The number of carboxylic acids is 1. The molecule has 2 amide bonds. The van der Waals surface area contributed by atoms with Crippen molar-refractivity contribution in [3.8, 4) is 0 Å². The van der Waals surface area contributed by atoms with E-state index in [1.807, 2.05) is 13.2 Å². The summed E-state index contributed by atoms with van der Waals surface area (Å²) in [4.78, 5) is 23.0. The van der Waals surface area contributed by atoms with Crippen molar-refractivity contribution in [2.24, 2.45) is 0 Å². The molecule has 21 heavy (non-hydrogen) atoms. The Balaban J connectivity index is 2.72. The van der Waals surface area contributed by atoms with Gasteiger partial charge in [-0.05, 0) is 59.0 Å². The van der Waals surface area contributed by atoms with Gasteiger partial charge >= 0.3 is 12.0 Å². The molecule has 5 nitrogen and oxygen atoms in total. The number of urea groups is 1. The smallest absolute Gasteiger partial charge is 0.326 e. The molecule has 0 spiro atoms. The molecule has 8 heteroatoms. The molecule has 0 aliphatic rings. The van der Waals surface area contributed by atoms with Crippen LogP contribution in [0, 0.1) is 6.92 Å². The molecule has 0 saturated carbocycles. The minimum Gasteiger partial charge on any atom is -0.480 e. The predicted octanol–water partition coefficient (Wildman–Crippen LogP) is 3.74. The van der Waals surface area contributed by atoms with Crippen molar-refractivity contribution in [2.75, 3.05) is 17.3 Å². The van der Waals surface area contributed by atoms with E-state index in [2.05, 4.69) is 26.6 Å². The van der Waals surface area contributed by atoms with E-state index in [9.17, 15) is 9.59 Å².